The van der Waals surface area contributed by atoms with Gasteiger partial charge in [0.1, 0.15) is 42.3 Å². The van der Waals surface area contributed by atoms with E-state index in [0.717, 1.165) is 36.3 Å². The Morgan fingerprint density at radius 3 is 2.39 bits per heavy atom. The van der Waals surface area contributed by atoms with Gasteiger partial charge in [-0.25, -0.2) is 0 Å². The molecule has 2 aromatic carbocycles. The Morgan fingerprint density at radius 1 is 1.11 bits per heavy atom. The van der Waals surface area contributed by atoms with Gasteiger partial charge in [-0.3, -0.25) is 4.79 Å². The van der Waals surface area contributed by atoms with Gasteiger partial charge in [-0.2, -0.15) is 0 Å². The molecule has 0 bridgehead atoms. The number of carboxylic acid groups (broad SMARTS) is 1. The number of halogens is 1. The number of rotatable bonds is 7. The lowest BCUT2D eigenvalue weighted by Gasteiger charge is -2.40. The molecular weight excluding hydrogens is 490 g/mol. The van der Waals surface area contributed by atoms with Crippen molar-refractivity contribution in [2.75, 3.05) is 19.8 Å². The van der Waals surface area contributed by atoms with E-state index in [9.17, 15) is 25.2 Å². The summed E-state index contributed by atoms with van der Waals surface area (Å²) in [5, 5.41) is 51.5. The first kappa shape index (κ1) is 28.3. The average molecular weight is 524 g/mol. The molecule has 0 spiro atoms. The van der Waals surface area contributed by atoms with Crippen molar-refractivity contribution < 1.29 is 39.8 Å². The molecule has 2 saturated heterocycles. The van der Waals surface area contributed by atoms with Crippen LogP contribution in [0, 0.1) is 0 Å². The van der Waals surface area contributed by atoms with Gasteiger partial charge < -0.3 is 40.3 Å². The van der Waals surface area contributed by atoms with E-state index in [1.807, 2.05) is 37.3 Å². The number of carbonyl (C=O) groups is 1. The van der Waals surface area contributed by atoms with Crippen molar-refractivity contribution >= 4 is 17.6 Å². The van der Waals surface area contributed by atoms with Crippen molar-refractivity contribution in [3.63, 3.8) is 0 Å². The fourth-order valence-corrected chi connectivity index (χ4v) is 4.45. The number of ether oxygens (including phenoxy) is 2. The zero-order valence-electron chi connectivity index (χ0n) is 20.1. The summed E-state index contributed by atoms with van der Waals surface area (Å²) in [6.45, 7) is 2.93. The van der Waals surface area contributed by atoms with Crippen LogP contribution < -0.4 is 10.1 Å². The van der Waals surface area contributed by atoms with Crippen LogP contribution in [0.15, 0.2) is 42.5 Å². The fraction of sp³-hybridized carbons (Fsp3) is 0.500. The first-order valence-electron chi connectivity index (χ1n) is 12.0. The van der Waals surface area contributed by atoms with E-state index >= 15 is 0 Å². The van der Waals surface area contributed by atoms with Gasteiger partial charge in [0.2, 0.25) is 0 Å². The molecule has 10 heteroatoms. The summed E-state index contributed by atoms with van der Waals surface area (Å²) < 4.78 is 11.1. The number of carboxylic acids is 1. The normalized spacial score (nSPS) is 27.7. The van der Waals surface area contributed by atoms with Crippen molar-refractivity contribution in [2.45, 2.75) is 62.7 Å². The lowest BCUT2D eigenvalue weighted by molar-refractivity contribution is -0.231. The summed E-state index contributed by atoms with van der Waals surface area (Å²) >= 11 is 6.35. The molecule has 6 N–H and O–H groups in total. The Morgan fingerprint density at radius 2 is 1.83 bits per heavy atom. The highest BCUT2D eigenvalue weighted by Crippen LogP contribution is 2.34. The van der Waals surface area contributed by atoms with E-state index < -0.39 is 43.1 Å². The third-order valence-corrected chi connectivity index (χ3v) is 6.65. The van der Waals surface area contributed by atoms with Crippen LogP contribution in [0.25, 0.3) is 0 Å². The van der Waals surface area contributed by atoms with E-state index in [1.54, 1.807) is 12.1 Å². The molecule has 2 fully saturated rings. The number of hydrogen-bond donors (Lipinski definition) is 6. The maximum Gasteiger partial charge on any atom is 0.320 e. The van der Waals surface area contributed by atoms with Crippen LogP contribution in [-0.4, -0.2) is 81.7 Å². The molecule has 0 aliphatic carbocycles. The van der Waals surface area contributed by atoms with Crippen LogP contribution >= 0.6 is 11.6 Å². The molecule has 0 radical (unpaired) electrons. The van der Waals surface area contributed by atoms with Crippen LogP contribution in [0.1, 0.15) is 42.6 Å². The van der Waals surface area contributed by atoms with Crippen molar-refractivity contribution in [3.05, 3.63) is 64.2 Å². The molecular formula is C26H34ClNO8. The van der Waals surface area contributed by atoms with E-state index in [0.29, 0.717) is 23.6 Å². The Hall–Kier alpha value is -2.24. The third kappa shape index (κ3) is 7.17. The highest BCUT2D eigenvalue weighted by molar-refractivity contribution is 6.31. The standard InChI is InChI=1S/C21H25ClO6.C5H9NO2/c1-2-27-15-6-3-12(4-7-15)9-14-10-13(5-8-16(14)22)21-20(26)19(25)18(24)17(11-23)28-21;7-5(8)4-2-1-3-6-4/h3-8,10,17-21,23-26H,2,9,11H2,1H3;4,6H,1-3H2,(H,7,8)/t17-,18-,19+,20-,21+;/m1./s1. The van der Waals surface area contributed by atoms with E-state index in [2.05, 4.69) is 5.32 Å². The number of nitrogens with one attached hydrogen (secondary N) is 1. The Kier molecular flexibility index (Phi) is 10.5. The van der Waals surface area contributed by atoms with Crippen LogP contribution in [-0.2, 0) is 16.0 Å². The molecule has 0 saturated carbocycles. The Labute approximate surface area is 215 Å². The average Bonchev–Trinajstić information content (AvgIpc) is 3.42. The van der Waals surface area contributed by atoms with Crippen LogP contribution in [0.2, 0.25) is 5.02 Å². The van der Waals surface area contributed by atoms with Gasteiger partial charge in [-0.05, 0) is 67.6 Å². The predicted molar refractivity (Wildman–Crippen MR) is 133 cm³/mol. The molecule has 2 aliphatic rings. The maximum atomic E-state index is 10.3. The fourth-order valence-electron chi connectivity index (χ4n) is 4.27. The molecule has 2 aliphatic heterocycles. The van der Waals surface area contributed by atoms with Gasteiger partial charge in [-0.1, -0.05) is 35.9 Å². The van der Waals surface area contributed by atoms with Crippen molar-refractivity contribution in [1.82, 2.24) is 5.32 Å². The predicted octanol–water partition coefficient (Wildman–Crippen LogP) is 1.67. The minimum Gasteiger partial charge on any atom is -0.494 e. The van der Waals surface area contributed by atoms with E-state index in [1.165, 1.54) is 0 Å². The molecule has 4 rings (SSSR count). The van der Waals surface area contributed by atoms with Gasteiger partial charge in [-0.15, -0.1) is 0 Å². The van der Waals surface area contributed by atoms with Gasteiger partial charge in [0.15, 0.2) is 0 Å². The first-order chi connectivity index (χ1) is 17.2. The lowest BCUT2D eigenvalue weighted by atomic mass is 9.90. The number of hydrogen-bond acceptors (Lipinski definition) is 8. The second-order valence-electron chi connectivity index (χ2n) is 8.84. The topological polar surface area (TPSA) is 149 Å². The first-order valence-corrected chi connectivity index (χ1v) is 12.4. The number of aliphatic carboxylic acids is 1. The number of aliphatic hydroxyl groups is 4. The minimum atomic E-state index is -1.42. The maximum absolute atomic E-state index is 10.3. The zero-order valence-corrected chi connectivity index (χ0v) is 20.8. The van der Waals surface area contributed by atoms with Crippen LogP contribution in [0.5, 0.6) is 5.75 Å². The van der Waals surface area contributed by atoms with E-state index in [4.69, 9.17) is 26.2 Å². The third-order valence-electron chi connectivity index (χ3n) is 6.28. The van der Waals surface area contributed by atoms with E-state index in [-0.39, 0.29) is 6.04 Å². The summed E-state index contributed by atoms with van der Waals surface area (Å²) in [7, 11) is 0. The zero-order chi connectivity index (χ0) is 26.2. The molecule has 9 nitrogen and oxygen atoms in total. The molecule has 198 valence electrons. The molecule has 1 unspecified atom stereocenters. The van der Waals surface area contributed by atoms with Crippen molar-refractivity contribution in [1.29, 1.82) is 0 Å². The summed E-state index contributed by atoms with van der Waals surface area (Å²) in [4.78, 5) is 10.1. The van der Waals surface area contributed by atoms with Gasteiger partial charge in [0, 0.05) is 5.02 Å². The highest BCUT2D eigenvalue weighted by Gasteiger charge is 2.44. The SMILES string of the molecule is CCOc1ccc(Cc2cc([C@@H]3O[C@H](CO)[C@@H](O)[C@H](O)[C@H]3O)ccc2Cl)cc1.O=C(O)C1CCCN1. The molecule has 2 aromatic rings. The molecule has 6 atom stereocenters. The number of benzene rings is 2. The second-order valence-corrected chi connectivity index (χ2v) is 9.25. The Balaban J connectivity index is 0.000000383. The quantitative estimate of drug-likeness (QED) is 0.318. The van der Waals surface area contributed by atoms with Crippen molar-refractivity contribution in [3.8, 4) is 5.75 Å². The second kappa shape index (κ2) is 13.3. The van der Waals surface area contributed by atoms with Crippen LogP contribution in [0.3, 0.4) is 0 Å². The highest BCUT2D eigenvalue weighted by atomic mass is 35.5. The number of aliphatic hydroxyl groups excluding tert-OH is 4. The molecule has 36 heavy (non-hydrogen) atoms. The van der Waals surface area contributed by atoms with Crippen LogP contribution in [0.4, 0.5) is 0 Å². The largest absolute Gasteiger partial charge is 0.494 e. The lowest BCUT2D eigenvalue weighted by Crippen LogP contribution is -2.55. The summed E-state index contributed by atoms with van der Waals surface area (Å²) in [6.07, 6.45) is -3.60. The molecule has 0 amide bonds. The molecule has 2 heterocycles. The van der Waals surface area contributed by atoms with Gasteiger partial charge in [0.25, 0.3) is 0 Å². The summed E-state index contributed by atoms with van der Waals surface area (Å²) in [5.41, 5.74) is 2.49. The van der Waals surface area contributed by atoms with Gasteiger partial charge in [0.05, 0.1) is 13.2 Å². The van der Waals surface area contributed by atoms with Crippen molar-refractivity contribution in [2.24, 2.45) is 0 Å². The molecule has 0 aromatic heterocycles. The summed E-state index contributed by atoms with van der Waals surface area (Å²) in [5.74, 6) is 0.0786. The smallest absolute Gasteiger partial charge is 0.320 e. The monoisotopic (exact) mass is 523 g/mol. The Bertz CT molecular complexity index is 980. The van der Waals surface area contributed by atoms with Gasteiger partial charge >= 0.3 is 5.97 Å². The summed E-state index contributed by atoms with van der Waals surface area (Å²) in [6, 6.07) is 12.7. The minimum absolute atomic E-state index is 0.269.